The smallest absolute Gasteiger partial charge is 0.236 e. The minimum Gasteiger partial charge on any atom is -0.490 e. The van der Waals surface area contributed by atoms with Gasteiger partial charge in [0.1, 0.15) is 11.9 Å². The Kier molecular flexibility index (Phi) is 10.7. The maximum absolute atomic E-state index is 12.7. The number of nitrogens with zero attached hydrogens (tertiary/aromatic N) is 4. The summed E-state index contributed by atoms with van der Waals surface area (Å²) in [5.41, 5.74) is 1.22. The van der Waals surface area contributed by atoms with Gasteiger partial charge in [0.15, 0.2) is 0 Å². The fourth-order valence-corrected chi connectivity index (χ4v) is 4.35. The zero-order chi connectivity index (χ0) is 20.1. The van der Waals surface area contributed by atoms with E-state index in [4.69, 9.17) is 4.74 Å². The summed E-state index contributed by atoms with van der Waals surface area (Å²) in [5.74, 6) is 1.24. The van der Waals surface area contributed by atoms with E-state index in [-0.39, 0.29) is 30.7 Å². The van der Waals surface area contributed by atoms with Gasteiger partial charge in [-0.3, -0.25) is 9.69 Å². The first-order valence-electron chi connectivity index (χ1n) is 11.1. The molecule has 0 unspecified atom stereocenters. The number of halogens is 2. The van der Waals surface area contributed by atoms with E-state index >= 15 is 0 Å². The van der Waals surface area contributed by atoms with Crippen molar-refractivity contribution in [1.29, 1.82) is 0 Å². The normalized spacial score (nSPS) is 21.2. The van der Waals surface area contributed by atoms with Crippen molar-refractivity contribution >= 4 is 36.4 Å². The van der Waals surface area contributed by atoms with Crippen LogP contribution in [0.5, 0.6) is 5.75 Å². The van der Waals surface area contributed by atoms with Crippen molar-refractivity contribution in [3.63, 3.8) is 0 Å². The van der Waals surface area contributed by atoms with Crippen molar-refractivity contribution in [2.24, 2.45) is 0 Å². The number of rotatable bonds is 5. The Bertz CT molecular complexity index is 656. The Balaban J connectivity index is 0.00000171. The van der Waals surface area contributed by atoms with Crippen molar-refractivity contribution in [1.82, 2.24) is 20.0 Å². The molecule has 0 aromatic heterocycles. The molecule has 3 aliphatic rings. The molecule has 176 valence electrons. The fraction of sp³-hybridized carbons (Fsp3) is 0.682. The molecule has 9 heteroatoms. The van der Waals surface area contributed by atoms with Crippen LogP contribution < -0.4 is 15.0 Å². The summed E-state index contributed by atoms with van der Waals surface area (Å²) in [6.07, 6.45) is 2.48. The lowest BCUT2D eigenvalue weighted by molar-refractivity contribution is -0.133. The number of piperazine rings is 2. The first-order valence-corrected chi connectivity index (χ1v) is 11.1. The van der Waals surface area contributed by atoms with Gasteiger partial charge in [0, 0.05) is 58.0 Å². The largest absolute Gasteiger partial charge is 0.490 e. The Morgan fingerprint density at radius 1 is 0.935 bits per heavy atom. The summed E-state index contributed by atoms with van der Waals surface area (Å²) in [5, 5.41) is 3.37. The van der Waals surface area contributed by atoms with Gasteiger partial charge in [-0.15, -0.1) is 24.8 Å². The number of carbonyl (C=O) groups excluding carboxylic acids is 1. The molecule has 1 amide bonds. The van der Waals surface area contributed by atoms with Crippen molar-refractivity contribution in [2.75, 3.05) is 83.9 Å². The van der Waals surface area contributed by atoms with Gasteiger partial charge in [-0.05, 0) is 57.2 Å². The minimum absolute atomic E-state index is 0. The maximum atomic E-state index is 12.7. The zero-order valence-corrected chi connectivity index (χ0v) is 20.1. The first-order chi connectivity index (χ1) is 14.2. The molecule has 0 aliphatic carbocycles. The second-order valence-corrected chi connectivity index (χ2v) is 8.51. The topological polar surface area (TPSA) is 51.3 Å². The predicted octanol–water partition coefficient (Wildman–Crippen LogP) is 1.56. The molecule has 0 saturated carbocycles. The van der Waals surface area contributed by atoms with E-state index in [1.807, 2.05) is 4.90 Å². The second kappa shape index (κ2) is 12.7. The molecule has 31 heavy (non-hydrogen) atoms. The quantitative estimate of drug-likeness (QED) is 0.699. The van der Waals surface area contributed by atoms with E-state index in [1.165, 1.54) is 5.69 Å². The van der Waals surface area contributed by atoms with Crippen LogP contribution in [-0.2, 0) is 4.79 Å². The average molecular weight is 474 g/mol. The average Bonchev–Trinajstić information content (AvgIpc) is 2.77. The summed E-state index contributed by atoms with van der Waals surface area (Å²) in [7, 11) is 2.14. The van der Waals surface area contributed by atoms with Gasteiger partial charge >= 0.3 is 0 Å². The summed E-state index contributed by atoms with van der Waals surface area (Å²) >= 11 is 0. The van der Waals surface area contributed by atoms with Crippen LogP contribution in [0.1, 0.15) is 12.8 Å². The van der Waals surface area contributed by atoms with Crippen LogP contribution in [-0.4, -0.2) is 106 Å². The molecule has 0 radical (unpaired) electrons. The van der Waals surface area contributed by atoms with Gasteiger partial charge in [-0.25, -0.2) is 0 Å². The van der Waals surface area contributed by atoms with Gasteiger partial charge in [-0.1, -0.05) is 0 Å². The zero-order valence-electron chi connectivity index (χ0n) is 18.5. The van der Waals surface area contributed by atoms with E-state index in [9.17, 15) is 4.79 Å². The van der Waals surface area contributed by atoms with Crippen LogP contribution in [0.25, 0.3) is 0 Å². The van der Waals surface area contributed by atoms with Crippen molar-refractivity contribution < 1.29 is 9.53 Å². The highest BCUT2D eigenvalue weighted by Gasteiger charge is 2.24. The third-order valence-electron chi connectivity index (χ3n) is 6.38. The molecule has 4 rings (SSSR count). The van der Waals surface area contributed by atoms with Crippen molar-refractivity contribution in [3.05, 3.63) is 24.3 Å². The van der Waals surface area contributed by atoms with Gasteiger partial charge in [0.25, 0.3) is 0 Å². The number of amides is 1. The number of carbonyl (C=O) groups is 1. The molecule has 1 aromatic rings. The number of hydrogen-bond acceptors (Lipinski definition) is 6. The maximum Gasteiger partial charge on any atom is 0.236 e. The van der Waals surface area contributed by atoms with E-state index in [1.54, 1.807) is 0 Å². The molecule has 1 N–H and O–H groups in total. The molecule has 3 aliphatic heterocycles. The lowest BCUT2D eigenvalue weighted by Gasteiger charge is -2.38. The Hall–Kier alpha value is -1.25. The molecular weight excluding hydrogens is 437 g/mol. The van der Waals surface area contributed by atoms with Crippen molar-refractivity contribution in [2.45, 2.75) is 18.9 Å². The van der Waals surface area contributed by atoms with Crippen LogP contribution in [0.4, 0.5) is 5.69 Å². The van der Waals surface area contributed by atoms with Gasteiger partial charge in [0.2, 0.25) is 5.91 Å². The number of hydrogen-bond donors (Lipinski definition) is 1. The number of likely N-dealkylation sites (N-methyl/N-ethyl adjacent to an activating group) is 1. The van der Waals surface area contributed by atoms with E-state index in [0.717, 1.165) is 84.0 Å². The number of benzene rings is 1. The van der Waals surface area contributed by atoms with Crippen LogP contribution >= 0.6 is 24.8 Å². The molecule has 3 fully saturated rings. The molecule has 7 nitrogen and oxygen atoms in total. The number of nitrogens with one attached hydrogen (secondary N) is 1. The number of ether oxygens (including phenoxy) is 1. The van der Waals surface area contributed by atoms with Gasteiger partial charge < -0.3 is 24.8 Å². The predicted molar refractivity (Wildman–Crippen MR) is 130 cm³/mol. The third-order valence-corrected chi connectivity index (χ3v) is 6.38. The molecule has 3 heterocycles. The standard InChI is InChI=1S/C22H35N5O2.2ClH/c1-24-10-12-25(13-11-24)18-22(28)27-16-14-26(15-17-27)19-2-4-20(5-3-19)29-21-6-8-23-9-7-21;;/h2-5,21,23H,6-18H2,1H3;2*1H. The summed E-state index contributed by atoms with van der Waals surface area (Å²) in [6.45, 7) is 10.1. The highest BCUT2D eigenvalue weighted by atomic mass is 35.5. The third kappa shape index (κ3) is 7.39. The summed E-state index contributed by atoms with van der Waals surface area (Å²) in [4.78, 5) is 21.7. The minimum atomic E-state index is 0. The van der Waals surface area contributed by atoms with Crippen LogP contribution in [0.3, 0.4) is 0 Å². The first kappa shape index (κ1) is 26.0. The van der Waals surface area contributed by atoms with Gasteiger partial charge in [0.05, 0.1) is 6.54 Å². The monoisotopic (exact) mass is 473 g/mol. The van der Waals surface area contributed by atoms with Crippen LogP contribution in [0.15, 0.2) is 24.3 Å². The highest BCUT2D eigenvalue weighted by molar-refractivity contribution is 5.85. The number of anilines is 1. The second-order valence-electron chi connectivity index (χ2n) is 8.51. The Labute approximate surface area is 198 Å². The lowest BCUT2D eigenvalue weighted by Crippen LogP contribution is -2.53. The van der Waals surface area contributed by atoms with E-state index in [2.05, 4.69) is 51.3 Å². The fourth-order valence-electron chi connectivity index (χ4n) is 4.35. The SMILES string of the molecule is CN1CCN(CC(=O)N2CCN(c3ccc(OC4CCNCC4)cc3)CC2)CC1.Cl.Cl. The molecule has 1 aromatic carbocycles. The Morgan fingerprint density at radius 3 is 2.16 bits per heavy atom. The van der Waals surface area contributed by atoms with Gasteiger partial charge in [-0.2, -0.15) is 0 Å². The van der Waals surface area contributed by atoms with Crippen molar-refractivity contribution in [3.8, 4) is 5.75 Å². The molecule has 0 spiro atoms. The number of piperidine rings is 1. The van der Waals surface area contributed by atoms with Crippen LogP contribution in [0, 0.1) is 0 Å². The lowest BCUT2D eigenvalue weighted by atomic mass is 10.1. The molecular formula is C22H37Cl2N5O2. The molecule has 0 bridgehead atoms. The summed E-state index contributed by atoms with van der Waals surface area (Å²) < 4.78 is 6.11. The summed E-state index contributed by atoms with van der Waals surface area (Å²) in [6, 6.07) is 8.47. The van der Waals surface area contributed by atoms with E-state index in [0.29, 0.717) is 12.6 Å². The highest BCUT2D eigenvalue weighted by Crippen LogP contribution is 2.23. The molecule has 0 atom stereocenters. The van der Waals surface area contributed by atoms with E-state index < -0.39 is 0 Å². The Morgan fingerprint density at radius 2 is 1.55 bits per heavy atom. The molecule has 3 saturated heterocycles. The van der Waals surface area contributed by atoms with Crippen LogP contribution in [0.2, 0.25) is 0 Å².